The third-order valence-electron chi connectivity index (χ3n) is 7.82. The van der Waals surface area contributed by atoms with Gasteiger partial charge in [0.05, 0.1) is 52.0 Å². The van der Waals surface area contributed by atoms with Crippen molar-refractivity contribution in [3.05, 3.63) is 71.1 Å². The lowest BCUT2D eigenvalue weighted by Crippen LogP contribution is -2.36. The summed E-state index contributed by atoms with van der Waals surface area (Å²) >= 11 is 1.65. The van der Waals surface area contributed by atoms with Gasteiger partial charge in [-0.1, -0.05) is 12.1 Å². The number of hydrogen-bond acceptors (Lipinski definition) is 8. The van der Waals surface area contributed by atoms with E-state index in [1.54, 1.807) is 29.5 Å². The lowest BCUT2D eigenvalue weighted by atomic mass is 10.1. The number of aromatic carboxylic acids is 1. The van der Waals surface area contributed by atoms with Gasteiger partial charge < -0.3 is 19.1 Å². The van der Waals surface area contributed by atoms with Crippen molar-refractivity contribution < 1.29 is 19.4 Å². The van der Waals surface area contributed by atoms with Crippen LogP contribution >= 0.6 is 11.3 Å². The minimum Gasteiger partial charge on any atom is -0.478 e. The molecular weight excluding hydrogens is 528 g/mol. The lowest BCUT2D eigenvalue weighted by Gasteiger charge is -2.32. The molecule has 0 aliphatic carbocycles. The van der Waals surface area contributed by atoms with Crippen LogP contribution in [0.25, 0.3) is 21.3 Å². The van der Waals surface area contributed by atoms with Crippen LogP contribution in [-0.2, 0) is 24.4 Å². The normalized spacial score (nSPS) is 18.4. The van der Waals surface area contributed by atoms with Gasteiger partial charge in [-0.3, -0.25) is 9.58 Å². The summed E-state index contributed by atoms with van der Waals surface area (Å²) in [6, 6.07) is 15.5. The molecule has 3 aromatic heterocycles. The molecule has 11 heteroatoms. The van der Waals surface area contributed by atoms with E-state index in [4.69, 9.17) is 19.6 Å². The van der Waals surface area contributed by atoms with Crippen LogP contribution in [0, 0.1) is 0 Å². The van der Waals surface area contributed by atoms with Gasteiger partial charge in [0.15, 0.2) is 0 Å². The van der Waals surface area contributed by atoms with E-state index in [1.807, 2.05) is 35.1 Å². The largest absolute Gasteiger partial charge is 0.478 e. The number of para-hydroxylation sites is 1. The van der Waals surface area contributed by atoms with Gasteiger partial charge in [-0.25, -0.2) is 14.8 Å². The maximum atomic E-state index is 11.6. The summed E-state index contributed by atoms with van der Waals surface area (Å²) in [4.78, 5) is 23.5. The fraction of sp³-hybridized carbons (Fsp3) is 0.379. The average molecular weight is 559 g/mol. The Morgan fingerprint density at radius 1 is 1.07 bits per heavy atom. The summed E-state index contributed by atoms with van der Waals surface area (Å²) in [5.41, 5.74) is 2.96. The van der Waals surface area contributed by atoms with Crippen molar-refractivity contribution in [1.29, 1.82) is 0 Å². The van der Waals surface area contributed by atoms with E-state index >= 15 is 0 Å². The van der Waals surface area contributed by atoms with Crippen LogP contribution in [0.3, 0.4) is 0 Å². The first kappa shape index (κ1) is 25.2. The predicted octanol–water partition coefficient (Wildman–Crippen LogP) is 4.75. The summed E-state index contributed by atoms with van der Waals surface area (Å²) in [5, 5.41) is 15.1. The Hall–Kier alpha value is -3.80. The first-order chi connectivity index (χ1) is 19.6. The maximum Gasteiger partial charge on any atom is 0.335 e. The molecule has 2 saturated heterocycles. The minimum absolute atomic E-state index is 0.154. The molecule has 5 heterocycles. The van der Waals surface area contributed by atoms with E-state index in [0.717, 1.165) is 71.0 Å². The summed E-state index contributed by atoms with van der Waals surface area (Å²) in [5.74, 6) is 0.646. The molecule has 0 bridgehead atoms. The zero-order valence-electron chi connectivity index (χ0n) is 22.0. The standard InChI is InChI=1S/C29H30N6O4S/c36-29(37)19-5-6-22-24(15-19)34(16-21-10-14-38-21)26(30-22)17-33-11-7-20(8-12-33)35-13-9-27(32-35)39-18-28-31-23-3-1-2-4-25(23)40-28/h1-6,9,13,15,20-21H,7-8,10-12,14,16-18H2,(H,36,37)/t21-/m0/s1. The van der Waals surface area contributed by atoms with Crippen molar-refractivity contribution in [2.24, 2.45) is 0 Å². The highest BCUT2D eigenvalue weighted by molar-refractivity contribution is 7.18. The summed E-state index contributed by atoms with van der Waals surface area (Å²) in [6.07, 6.45) is 5.13. The van der Waals surface area contributed by atoms with Gasteiger partial charge in [-0.2, -0.15) is 0 Å². The molecule has 2 aliphatic heterocycles. The zero-order chi connectivity index (χ0) is 27.1. The van der Waals surface area contributed by atoms with Crippen molar-refractivity contribution in [2.45, 2.75) is 51.1 Å². The molecule has 40 heavy (non-hydrogen) atoms. The van der Waals surface area contributed by atoms with Crippen LogP contribution in [0.2, 0.25) is 0 Å². The number of carboxylic acids is 1. The molecule has 0 spiro atoms. The van der Waals surface area contributed by atoms with Crippen LogP contribution in [0.5, 0.6) is 5.88 Å². The minimum atomic E-state index is -0.929. The number of likely N-dealkylation sites (tertiary alicyclic amines) is 1. The fourth-order valence-corrected chi connectivity index (χ4v) is 6.40. The third kappa shape index (κ3) is 5.07. The monoisotopic (exact) mass is 558 g/mol. The fourth-order valence-electron chi connectivity index (χ4n) is 5.52. The van der Waals surface area contributed by atoms with E-state index in [2.05, 4.69) is 20.5 Å². The highest BCUT2D eigenvalue weighted by Gasteiger charge is 2.26. The van der Waals surface area contributed by atoms with Crippen molar-refractivity contribution in [1.82, 2.24) is 29.2 Å². The van der Waals surface area contributed by atoms with Gasteiger partial charge in [-0.05, 0) is 49.6 Å². The molecule has 0 saturated carbocycles. The first-order valence-corrected chi connectivity index (χ1v) is 14.5. The number of rotatable bonds is 9. The Balaban J connectivity index is 0.986. The highest BCUT2D eigenvalue weighted by Crippen LogP contribution is 2.28. The zero-order valence-corrected chi connectivity index (χ0v) is 22.8. The summed E-state index contributed by atoms with van der Waals surface area (Å²) in [7, 11) is 0. The van der Waals surface area contributed by atoms with Crippen molar-refractivity contribution in [2.75, 3.05) is 19.7 Å². The summed E-state index contributed by atoms with van der Waals surface area (Å²) < 4.78 is 17.0. The van der Waals surface area contributed by atoms with E-state index in [1.165, 1.54) is 0 Å². The van der Waals surface area contributed by atoms with Crippen LogP contribution in [0.15, 0.2) is 54.7 Å². The molecule has 1 N–H and O–H groups in total. The second-order valence-corrected chi connectivity index (χ2v) is 11.5. The van der Waals surface area contributed by atoms with Crippen molar-refractivity contribution in [3.63, 3.8) is 0 Å². The van der Waals surface area contributed by atoms with Gasteiger partial charge >= 0.3 is 5.97 Å². The highest BCUT2D eigenvalue weighted by atomic mass is 32.1. The summed E-state index contributed by atoms with van der Waals surface area (Å²) in [6.45, 7) is 4.45. The Morgan fingerprint density at radius 2 is 1.93 bits per heavy atom. The molecule has 0 unspecified atom stereocenters. The molecule has 2 fully saturated rings. The van der Waals surface area contributed by atoms with E-state index in [0.29, 0.717) is 31.6 Å². The van der Waals surface area contributed by atoms with Crippen LogP contribution in [0.4, 0.5) is 0 Å². The number of benzene rings is 2. The third-order valence-corrected chi connectivity index (χ3v) is 8.83. The molecule has 2 aliphatic rings. The van der Waals surface area contributed by atoms with Crippen molar-refractivity contribution >= 4 is 38.6 Å². The molecule has 1 atom stereocenters. The van der Waals surface area contributed by atoms with E-state index in [9.17, 15) is 9.90 Å². The molecule has 0 radical (unpaired) electrons. The van der Waals surface area contributed by atoms with Crippen LogP contribution in [0.1, 0.15) is 46.5 Å². The second-order valence-electron chi connectivity index (χ2n) is 10.4. The number of thiazole rings is 1. The van der Waals surface area contributed by atoms with Crippen LogP contribution in [-0.4, -0.2) is 66.1 Å². The Kier molecular flexibility index (Phi) is 6.70. The molecule has 7 rings (SSSR count). The number of aromatic nitrogens is 5. The Labute approximate surface area is 234 Å². The predicted molar refractivity (Wildman–Crippen MR) is 151 cm³/mol. The SMILES string of the molecule is O=C(O)c1ccc2nc(CN3CCC(n4ccc(OCc5nc6ccccc6s5)n4)CC3)n(C[C@@H]3CCO3)c2c1. The topological polar surface area (TPSA) is 108 Å². The van der Waals surface area contributed by atoms with Crippen LogP contribution < -0.4 is 4.74 Å². The number of imidazole rings is 1. The van der Waals surface area contributed by atoms with Gasteiger partial charge in [0, 0.05) is 32.0 Å². The smallest absolute Gasteiger partial charge is 0.335 e. The van der Waals surface area contributed by atoms with Gasteiger partial charge in [0.1, 0.15) is 17.4 Å². The number of piperidine rings is 1. The van der Waals surface area contributed by atoms with E-state index in [-0.39, 0.29) is 11.7 Å². The van der Waals surface area contributed by atoms with E-state index < -0.39 is 5.97 Å². The molecule has 10 nitrogen and oxygen atoms in total. The quantitative estimate of drug-likeness (QED) is 0.276. The number of carboxylic acid groups (broad SMARTS) is 1. The molecular formula is C29H30N6O4S. The number of fused-ring (bicyclic) bond motifs is 2. The number of carbonyl (C=O) groups is 1. The Bertz CT molecular complexity index is 1630. The number of ether oxygens (including phenoxy) is 2. The molecule has 5 aromatic rings. The van der Waals surface area contributed by atoms with Crippen molar-refractivity contribution in [3.8, 4) is 5.88 Å². The first-order valence-electron chi connectivity index (χ1n) is 13.7. The molecule has 0 amide bonds. The van der Waals surface area contributed by atoms with Gasteiger partial charge in [-0.15, -0.1) is 16.4 Å². The van der Waals surface area contributed by atoms with Gasteiger partial charge in [0.25, 0.3) is 0 Å². The Morgan fingerprint density at radius 3 is 2.70 bits per heavy atom. The number of nitrogens with zero attached hydrogens (tertiary/aromatic N) is 6. The number of hydrogen-bond donors (Lipinski definition) is 1. The molecule has 2 aromatic carbocycles. The van der Waals surface area contributed by atoms with Gasteiger partial charge in [0.2, 0.25) is 5.88 Å². The average Bonchev–Trinajstić information content (AvgIpc) is 3.66. The second kappa shape index (κ2) is 10.6. The lowest BCUT2D eigenvalue weighted by molar-refractivity contribution is -0.0592. The maximum absolute atomic E-state index is 11.6. The molecule has 206 valence electrons.